The number of carbonyl (C=O) groups is 1. The molecular weight excluding hydrogens is 256 g/mol. The van der Waals surface area contributed by atoms with Crippen molar-refractivity contribution in [1.29, 1.82) is 0 Å². The molecule has 0 bridgehead atoms. The van der Waals surface area contributed by atoms with Gasteiger partial charge in [0.1, 0.15) is 0 Å². The zero-order valence-electron chi connectivity index (χ0n) is 11.6. The topological polar surface area (TPSA) is 46.3 Å². The Hall–Kier alpha value is -1.00. The van der Waals surface area contributed by atoms with E-state index in [1.165, 1.54) is 0 Å². The predicted molar refractivity (Wildman–Crippen MR) is 81.2 cm³/mol. The maximum atomic E-state index is 12.4. The summed E-state index contributed by atoms with van der Waals surface area (Å²) < 4.78 is 0.139. The van der Waals surface area contributed by atoms with Crippen molar-refractivity contribution in [3.63, 3.8) is 0 Å². The van der Waals surface area contributed by atoms with Crippen LogP contribution >= 0.6 is 11.8 Å². The number of nitrogens with zero attached hydrogens (tertiary/aromatic N) is 1. The number of amides is 1. The van der Waals surface area contributed by atoms with Gasteiger partial charge in [-0.1, -0.05) is 30.3 Å². The molecule has 1 fully saturated rings. The second-order valence-electron chi connectivity index (χ2n) is 5.66. The molecule has 0 aromatic heterocycles. The number of rotatable bonds is 3. The fourth-order valence-corrected chi connectivity index (χ4v) is 3.51. The predicted octanol–water partition coefficient (Wildman–Crippen LogP) is 1.91. The molecule has 1 atom stereocenters. The summed E-state index contributed by atoms with van der Waals surface area (Å²) >= 11 is 1.92. The van der Waals surface area contributed by atoms with Gasteiger partial charge in [-0.3, -0.25) is 4.79 Å². The molecule has 0 saturated carbocycles. The summed E-state index contributed by atoms with van der Waals surface area (Å²) in [6.45, 7) is 5.97. The summed E-state index contributed by atoms with van der Waals surface area (Å²) in [7, 11) is 0. The lowest BCUT2D eigenvalue weighted by atomic mass is 10.0. The van der Waals surface area contributed by atoms with E-state index in [1.807, 2.05) is 47.0 Å². The summed E-state index contributed by atoms with van der Waals surface area (Å²) in [6, 6.07) is 9.54. The standard InChI is InChI=1S/C15H22N2OS/c1-15(2)11-17(8-9-19-15)14(18)13(16)10-12-6-4-3-5-7-12/h3-7,13H,8-11,16H2,1-2H3. The highest BCUT2D eigenvalue weighted by Gasteiger charge is 2.31. The molecule has 1 heterocycles. The van der Waals surface area contributed by atoms with E-state index in [0.29, 0.717) is 6.42 Å². The number of hydrogen-bond donors (Lipinski definition) is 1. The van der Waals surface area contributed by atoms with Gasteiger partial charge in [-0.2, -0.15) is 11.8 Å². The molecule has 1 aromatic rings. The van der Waals surface area contributed by atoms with E-state index < -0.39 is 6.04 Å². The summed E-state index contributed by atoms with van der Waals surface area (Å²) in [6.07, 6.45) is 0.615. The Balaban J connectivity index is 1.95. The third kappa shape index (κ3) is 3.98. The quantitative estimate of drug-likeness (QED) is 0.918. The second-order valence-corrected chi connectivity index (χ2v) is 7.47. The smallest absolute Gasteiger partial charge is 0.239 e. The van der Waals surface area contributed by atoms with Gasteiger partial charge in [-0.25, -0.2) is 0 Å². The molecule has 0 aliphatic carbocycles. The molecule has 0 radical (unpaired) electrons. The SMILES string of the molecule is CC1(C)CN(C(=O)C(N)Cc2ccccc2)CCS1. The number of benzene rings is 1. The highest BCUT2D eigenvalue weighted by molar-refractivity contribution is 8.00. The Morgan fingerprint density at radius 2 is 2.11 bits per heavy atom. The molecule has 1 aliphatic rings. The summed E-state index contributed by atoms with van der Waals surface area (Å²) in [5, 5.41) is 0. The van der Waals surface area contributed by atoms with Crippen molar-refractivity contribution in [1.82, 2.24) is 4.90 Å². The lowest BCUT2D eigenvalue weighted by Gasteiger charge is -2.38. The minimum atomic E-state index is -0.429. The average molecular weight is 278 g/mol. The number of carbonyl (C=O) groups excluding carboxylic acids is 1. The van der Waals surface area contributed by atoms with Crippen LogP contribution in [0.25, 0.3) is 0 Å². The normalized spacial score (nSPS) is 20.1. The van der Waals surface area contributed by atoms with E-state index in [4.69, 9.17) is 5.73 Å². The Morgan fingerprint density at radius 3 is 2.74 bits per heavy atom. The molecular formula is C15H22N2OS. The van der Waals surface area contributed by atoms with Gasteiger partial charge in [0.05, 0.1) is 6.04 Å². The summed E-state index contributed by atoms with van der Waals surface area (Å²) in [5.41, 5.74) is 7.19. The van der Waals surface area contributed by atoms with Gasteiger partial charge in [0.15, 0.2) is 0 Å². The summed E-state index contributed by atoms with van der Waals surface area (Å²) in [5.74, 6) is 1.08. The maximum absolute atomic E-state index is 12.4. The van der Waals surface area contributed by atoms with E-state index in [2.05, 4.69) is 13.8 Å². The first-order chi connectivity index (χ1) is 8.98. The largest absolute Gasteiger partial charge is 0.339 e. The lowest BCUT2D eigenvalue weighted by molar-refractivity contribution is -0.132. The molecule has 1 aliphatic heterocycles. The van der Waals surface area contributed by atoms with E-state index in [9.17, 15) is 4.79 Å². The van der Waals surface area contributed by atoms with Gasteiger partial charge in [-0.15, -0.1) is 0 Å². The van der Waals surface area contributed by atoms with Crippen molar-refractivity contribution in [2.45, 2.75) is 31.1 Å². The first kappa shape index (κ1) is 14.4. The van der Waals surface area contributed by atoms with E-state index in [1.54, 1.807) is 0 Å². The Morgan fingerprint density at radius 1 is 1.42 bits per heavy atom. The Bertz CT molecular complexity index is 433. The van der Waals surface area contributed by atoms with E-state index in [-0.39, 0.29) is 10.7 Å². The zero-order chi connectivity index (χ0) is 13.9. The molecule has 19 heavy (non-hydrogen) atoms. The van der Waals surface area contributed by atoms with Crippen LogP contribution in [0.5, 0.6) is 0 Å². The number of nitrogens with two attached hydrogens (primary N) is 1. The number of thioether (sulfide) groups is 1. The van der Waals surface area contributed by atoms with Crippen LogP contribution in [0.3, 0.4) is 0 Å². The second kappa shape index (κ2) is 5.97. The summed E-state index contributed by atoms with van der Waals surface area (Å²) in [4.78, 5) is 14.3. The Labute approximate surface area is 119 Å². The van der Waals surface area contributed by atoms with E-state index in [0.717, 1.165) is 24.4 Å². The zero-order valence-corrected chi connectivity index (χ0v) is 12.5. The van der Waals surface area contributed by atoms with Crippen molar-refractivity contribution in [2.75, 3.05) is 18.8 Å². The van der Waals surface area contributed by atoms with Crippen molar-refractivity contribution in [3.05, 3.63) is 35.9 Å². The maximum Gasteiger partial charge on any atom is 0.239 e. The van der Waals surface area contributed by atoms with Gasteiger partial charge in [0, 0.05) is 23.6 Å². The molecule has 1 saturated heterocycles. The van der Waals surface area contributed by atoms with Crippen LogP contribution in [0.4, 0.5) is 0 Å². The van der Waals surface area contributed by atoms with Crippen molar-refractivity contribution >= 4 is 17.7 Å². The molecule has 1 amide bonds. The fraction of sp³-hybridized carbons (Fsp3) is 0.533. The highest BCUT2D eigenvalue weighted by atomic mass is 32.2. The monoisotopic (exact) mass is 278 g/mol. The average Bonchev–Trinajstić information content (AvgIpc) is 2.38. The molecule has 1 unspecified atom stereocenters. The third-order valence-corrected chi connectivity index (χ3v) is 4.65. The number of hydrogen-bond acceptors (Lipinski definition) is 3. The van der Waals surface area contributed by atoms with E-state index >= 15 is 0 Å². The van der Waals surface area contributed by atoms with Gasteiger partial charge in [0.25, 0.3) is 0 Å². The highest BCUT2D eigenvalue weighted by Crippen LogP contribution is 2.29. The van der Waals surface area contributed by atoms with Crippen molar-refractivity contribution in [2.24, 2.45) is 5.73 Å². The molecule has 4 heteroatoms. The molecule has 3 nitrogen and oxygen atoms in total. The van der Waals surface area contributed by atoms with Crippen molar-refractivity contribution < 1.29 is 4.79 Å². The molecule has 0 spiro atoms. The Kier molecular flexibility index (Phi) is 4.53. The first-order valence-electron chi connectivity index (χ1n) is 6.70. The van der Waals surface area contributed by atoms with Crippen LogP contribution in [0.15, 0.2) is 30.3 Å². The van der Waals surface area contributed by atoms with Crippen LogP contribution in [0.2, 0.25) is 0 Å². The fourth-order valence-electron chi connectivity index (χ4n) is 2.39. The van der Waals surface area contributed by atoms with Crippen LogP contribution in [0, 0.1) is 0 Å². The van der Waals surface area contributed by atoms with Crippen LogP contribution in [-0.4, -0.2) is 40.4 Å². The van der Waals surface area contributed by atoms with Crippen LogP contribution in [-0.2, 0) is 11.2 Å². The molecule has 2 rings (SSSR count). The first-order valence-corrected chi connectivity index (χ1v) is 7.69. The van der Waals surface area contributed by atoms with Crippen LogP contribution in [0.1, 0.15) is 19.4 Å². The molecule has 1 aromatic carbocycles. The minimum Gasteiger partial charge on any atom is -0.339 e. The third-order valence-electron chi connectivity index (χ3n) is 3.35. The van der Waals surface area contributed by atoms with Gasteiger partial charge >= 0.3 is 0 Å². The van der Waals surface area contributed by atoms with Gasteiger partial charge in [-0.05, 0) is 25.8 Å². The van der Waals surface area contributed by atoms with Crippen molar-refractivity contribution in [3.8, 4) is 0 Å². The van der Waals surface area contributed by atoms with Crippen LogP contribution < -0.4 is 5.73 Å². The molecule has 2 N–H and O–H groups in total. The lowest BCUT2D eigenvalue weighted by Crippen LogP contribution is -2.52. The minimum absolute atomic E-state index is 0.0808. The molecule has 104 valence electrons. The van der Waals surface area contributed by atoms with Gasteiger partial charge in [0.2, 0.25) is 5.91 Å². The van der Waals surface area contributed by atoms with Gasteiger partial charge < -0.3 is 10.6 Å².